The molecule has 0 amide bonds. The van der Waals surface area contributed by atoms with Crippen molar-refractivity contribution < 1.29 is 13.2 Å². The highest BCUT2D eigenvalue weighted by Gasteiger charge is 2.26. The summed E-state index contributed by atoms with van der Waals surface area (Å²) in [6, 6.07) is 4.78. The molecule has 2 atom stereocenters. The summed E-state index contributed by atoms with van der Waals surface area (Å²) >= 11 is 0. The first-order valence-electron chi connectivity index (χ1n) is 6.37. The van der Waals surface area contributed by atoms with E-state index in [-0.39, 0.29) is 16.9 Å². The van der Waals surface area contributed by atoms with Crippen LogP contribution in [0, 0.1) is 12.8 Å². The van der Waals surface area contributed by atoms with E-state index in [1.165, 1.54) is 6.07 Å². The van der Waals surface area contributed by atoms with Gasteiger partial charge >= 0.3 is 0 Å². The van der Waals surface area contributed by atoms with Gasteiger partial charge in [-0.1, -0.05) is 6.07 Å². The highest BCUT2D eigenvalue weighted by atomic mass is 32.2. The van der Waals surface area contributed by atoms with Crippen LogP contribution in [-0.2, 0) is 14.8 Å². The molecule has 1 aromatic rings. The fourth-order valence-corrected chi connectivity index (χ4v) is 3.26. The molecule has 1 fully saturated rings. The van der Waals surface area contributed by atoms with Gasteiger partial charge in [-0.15, -0.1) is 0 Å². The highest BCUT2D eigenvalue weighted by Crippen LogP contribution is 2.21. The Kier molecular flexibility index (Phi) is 4.13. The average molecular weight is 284 g/mol. The van der Waals surface area contributed by atoms with Crippen molar-refractivity contribution in [1.82, 2.24) is 4.72 Å². The van der Waals surface area contributed by atoms with Crippen LogP contribution in [0.2, 0.25) is 0 Å². The number of benzene rings is 1. The average Bonchev–Trinajstić information content (AvgIpc) is 2.76. The van der Waals surface area contributed by atoms with Crippen LogP contribution < -0.4 is 10.5 Å². The number of anilines is 1. The summed E-state index contributed by atoms with van der Waals surface area (Å²) < 4.78 is 32.4. The number of nitrogens with one attached hydrogen (secondary N) is 1. The van der Waals surface area contributed by atoms with E-state index in [1.807, 2.05) is 13.8 Å². The van der Waals surface area contributed by atoms with E-state index >= 15 is 0 Å². The van der Waals surface area contributed by atoms with Crippen LogP contribution in [0.5, 0.6) is 0 Å². The van der Waals surface area contributed by atoms with Crippen LogP contribution in [-0.4, -0.2) is 27.7 Å². The Labute approximate surface area is 114 Å². The number of nitrogens with two attached hydrogens (primary N) is 1. The van der Waals surface area contributed by atoms with Crippen LogP contribution in [0.3, 0.4) is 0 Å². The first-order chi connectivity index (χ1) is 8.90. The Morgan fingerprint density at radius 2 is 2.21 bits per heavy atom. The van der Waals surface area contributed by atoms with Crippen molar-refractivity contribution in [2.24, 2.45) is 5.92 Å². The third-order valence-corrected chi connectivity index (χ3v) is 5.05. The molecule has 1 saturated heterocycles. The number of rotatable bonds is 4. The zero-order valence-electron chi connectivity index (χ0n) is 11.2. The molecule has 0 aromatic heterocycles. The van der Waals surface area contributed by atoms with E-state index in [4.69, 9.17) is 10.5 Å². The van der Waals surface area contributed by atoms with Crippen molar-refractivity contribution in [3.63, 3.8) is 0 Å². The number of hydrogen-bond donors (Lipinski definition) is 2. The van der Waals surface area contributed by atoms with Gasteiger partial charge in [-0.25, -0.2) is 13.1 Å². The molecular formula is C13H20N2O3S. The maximum Gasteiger partial charge on any atom is 0.240 e. The minimum atomic E-state index is -3.50. The Balaban J connectivity index is 2.07. The third kappa shape index (κ3) is 3.26. The van der Waals surface area contributed by atoms with Crippen molar-refractivity contribution in [1.29, 1.82) is 0 Å². The summed E-state index contributed by atoms with van der Waals surface area (Å²) in [5, 5.41) is 0. The normalized spacial score (nSPS) is 23.7. The van der Waals surface area contributed by atoms with E-state index in [0.29, 0.717) is 18.8 Å². The van der Waals surface area contributed by atoms with Gasteiger partial charge in [-0.3, -0.25) is 0 Å². The lowest BCUT2D eigenvalue weighted by Gasteiger charge is -2.15. The van der Waals surface area contributed by atoms with Crippen LogP contribution in [0.25, 0.3) is 0 Å². The van der Waals surface area contributed by atoms with Crippen LogP contribution >= 0.6 is 0 Å². The minimum Gasteiger partial charge on any atom is -0.398 e. The number of nitrogen functional groups attached to an aromatic ring is 1. The molecule has 106 valence electrons. The lowest BCUT2D eigenvalue weighted by molar-refractivity contribution is 0.107. The van der Waals surface area contributed by atoms with Gasteiger partial charge in [-0.05, 0) is 38.0 Å². The van der Waals surface area contributed by atoms with Gasteiger partial charge < -0.3 is 10.5 Å². The van der Waals surface area contributed by atoms with E-state index in [1.54, 1.807) is 12.1 Å². The Morgan fingerprint density at radius 1 is 1.47 bits per heavy atom. The smallest absolute Gasteiger partial charge is 0.240 e. The molecule has 2 rings (SSSR count). The molecule has 2 unspecified atom stereocenters. The van der Waals surface area contributed by atoms with Gasteiger partial charge in [0, 0.05) is 24.8 Å². The summed E-state index contributed by atoms with van der Waals surface area (Å²) in [5.41, 5.74) is 7.10. The van der Waals surface area contributed by atoms with Gasteiger partial charge in [0.1, 0.15) is 0 Å². The summed E-state index contributed by atoms with van der Waals surface area (Å²) in [6.45, 7) is 4.91. The molecule has 0 bridgehead atoms. The number of sulfonamides is 1. The summed E-state index contributed by atoms with van der Waals surface area (Å²) in [4.78, 5) is 0.210. The topological polar surface area (TPSA) is 81.4 Å². The maximum atomic E-state index is 12.2. The number of hydrogen-bond acceptors (Lipinski definition) is 4. The highest BCUT2D eigenvalue weighted by molar-refractivity contribution is 7.89. The van der Waals surface area contributed by atoms with Gasteiger partial charge in [0.2, 0.25) is 10.0 Å². The first-order valence-corrected chi connectivity index (χ1v) is 7.86. The number of ether oxygens (including phenoxy) is 1. The molecule has 0 aliphatic carbocycles. The van der Waals surface area contributed by atoms with E-state index < -0.39 is 10.0 Å². The molecule has 1 heterocycles. The quantitative estimate of drug-likeness (QED) is 0.816. The van der Waals surface area contributed by atoms with Gasteiger partial charge in [0.15, 0.2) is 0 Å². The predicted molar refractivity (Wildman–Crippen MR) is 74.3 cm³/mol. The zero-order chi connectivity index (χ0) is 14.0. The monoisotopic (exact) mass is 284 g/mol. The molecule has 3 N–H and O–H groups in total. The lowest BCUT2D eigenvalue weighted by Crippen LogP contribution is -2.32. The molecule has 19 heavy (non-hydrogen) atoms. The molecule has 6 heteroatoms. The van der Waals surface area contributed by atoms with E-state index in [0.717, 1.165) is 12.0 Å². The Hall–Kier alpha value is -1.11. The van der Waals surface area contributed by atoms with Gasteiger partial charge in [0.05, 0.1) is 11.0 Å². The SMILES string of the molecule is Cc1ccc(S(=O)(=O)NCC2CCOC2C)cc1N. The summed E-state index contributed by atoms with van der Waals surface area (Å²) in [5.74, 6) is 0.234. The summed E-state index contributed by atoms with van der Waals surface area (Å²) in [6.07, 6.45) is 0.991. The second-order valence-electron chi connectivity index (χ2n) is 4.99. The van der Waals surface area contributed by atoms with Gasteiger partial charge in [-0.2, -0.15) is 0 Å². The minimum absolute atomic E-state index is 0.103. The van der Waals surface area contributed by atoms with Gasteiger partial charge in [0.25, 0.3) is 0 Å². The summed E-state index contributed by atoms with van der Waals surface area (Å²) in [7, 11) is -3.50. The number of aryl methyl sites for hydroxylation is 1. The predicted octanol–water partition coefficient (Wildman–Crippen LogP) is 1.28. The third-order valence-electron chi connectivity index (χ3n) is 3.63. The van der Waals surface area contributed by atoms with Crippen molar-refractivity contribution in [2.75, 3.05) is 18.9 Å². The lowest BCUT2D eigenvalue weighted by atomic mass is 10.0. The van der Waals surface area contributed by atoms with Crippen molar-refractivity contribution in [3.8, 4) is 0 Å². The van der Waals surface area contributed by atoms with Crippen molar-refractivity contribution >= 4 is 15.7 Å². The molecule has 0 saturated carbocycles. The Bertz CT molecular complexity index is 557. The maximum absolute atomic E-state index is 12.2. The standard InChI is InChI=1S/C13H20N2O3S/c1-9-3-4-12(7-13(9)14)19(16,17)15-8-11-5-6-18-10(11)2/h3-4,7,10-11,15H,5-6,8,14H2,1-2H3. The van der Waals surface area contributed by atoms with E-state index in [2.05, 4.69) is 4.72 Å². The molecular weight excluding hydrogens is 264 g/mol. The molecule has 1 aliphatic heterocycles. The second-order valence-corrected chi connectivity index (χ2v) is 6.76. The first kappa shape index (κ1) is 14.3. The van der Waals surface area contributed by atoms with Crippen LogP contribution in [0.4, 0.5) is 5.69 Å². The van der Waals surface area contributed by atoms with Crippen molar-refractivity contribution in [3.05, 3.63) is 23.8 Å². The molecule has 5 nitrogen and oxygen atoms in total. The zero-order valence-corrected chi connectivity index (χ0v) is 12.0. The fraction of sp³-hybridized carbons (Fsp3) is 0.538. The molecule has 1 aromatic carbocycles. The van der Waals surface area contributed by atoms with Crippen LogP contribution in [0.15, 0.2) is 23.1 Å². The second kappa shape index (κ2) is 5.48. The Morgan fingerprint density at radius 3 is 2.79 bits per heavy atom. The molecule has 0 spiro atoms. The fourth-order valence-electron chi connectivity index (χ4n) is 2.13. The molecule has 0 radical (unpaired) electrons. The van der Waals surface area contributed by atoms with Crippen LogP contribution in [0.1, 0.15) is 18.9 Å². The van der Waals surface area contributed by atoms with Crippen molar-refractivity contribution in [2.45, 2.75) is 31.3 Å². The largest absolute Gasteiger partial charge is 0.398 e. The van der Waals surface area contributed by atoms with E-state index in [9.17, 15) is 8.42 Å². The molecule has 1 aliphatic rings.